The Morgan fingerprint density at radius 1 is 1.44 bits per heavy atom. The zero-order valence-electron chi connectivity index (χ0n) is 14.0. The lowest BCUT2D eigenvalue weighted by Crippen LogP contribution is -2.45. The molecule has 2 bridgehead atoms. The molecule has 2 saturated heterocycles. The molecule has 1 amide bonds. The molecule has 3 aliphatic heterocycles. The molecule has 0 aromatic heterocycles. The summed E-state index contributed by atoms with van der Waals surface area (Å²) >= 11 is 0. The van der Waals surface area contributed by atoms with Crippen LogP contribution in [0.4, 0.5) is 0 Å². The molecule has 3 heterocycles. The van der Waals surface area contributed by atoms with Gasteiger partial charge in [-0.15, -0.1) is 6.58 Å². The lowest BCUT2D eigenvalue weighted by Gasteiger charge is -2.36. The number of fused-ring (bicyclic) bond motifs is 1. The van der Waals surface area contributed by atoms with Crippen LogP contribution in [0.5, 0.6) is 0 Å². The van der Waals surface area contributed by atoms with Gasteiger partial charge >= 0.3 is 5.97 Å². The highest BCUT2D eigenvalue weighted by Crippen LogP contribution is 2.57. The summed E-state index contributed by atoms with van der Waals surface area (Å²) in [6.45, 7) is 5.81. The van der Waals surface area contributed by atoms with Gasteiger partial charge in [-0.2, -0.15) is 0 Å². The third kappa shape index (κ3) is 2.05. The maximum Gasteiger partial charge on any atom is 0.310 e. The molecule has 5 heteroatoms. The zero-order chi connectivity index (χ0) is 17.8. The van der Waals surface area contributed by atoms with Crippen molar-refractivity contribution in [3.05, 3.63) is 60.7 Å². The average Bonchev–Trinajstić information content (AvgIpc) is 3.24. The van der Waals surface area contributed by atoms with Gasteiger partial charge < -0.3 is 14.7 Å². The molecule has 1 spiro atoms. The van der Waals surface area contributed by atoms with E-state index in [0.29, 0.717) is 6.42 Å². The Bertz CT molecular complexity index is 758. The van der Waals surface area contributed by atoms with Crippen LogP contribution < -0.4 is 0 Å². The van der Waals surface area contributed by atoms with E-state index < -0.39 is 29.5 Å². The first-order valence-electron chi connectivity index (χ1n) is 8.59. The number of amides is 1. The number of rotatable bonds is 5. The normalized spacial score (nSPS) is 36.5. The fourth-order valence-corrected chi connectivity index (χ4v) is 4.77. The van der Waals surface area contributed by atoms with Gasteiger partial charge in [0.15, 0.2) is 0 Å². The second kappa shape index (κ2) is 5.56. The number of nitrogens with zero attached hydrogens (tertiary/aromatic N) is 1. The predicted octanol–water partition coefficient (Wildman–Crippen LogP) is 2.56. The van der Waals surface area contributed by atoms with Crippen LogP contribution in [0.3, 0.4) is 0 Å². The molecule has 1 aromatic carbocycles. The van der Waals surface area contributed by atoms with Crippen molar-refractivity contribution in [3.63, 3.8) is 0 Å². The second-order valence-corrected chi connectivity index (χ2v) is 7.01. The van der Waals surface area contributed by atoms with E-state index in [4.69, 9.17) is 4.74 Å². The van der Waals surface area contributed by atoms with Crippen LogP contribution in [0.1, 0.15) is 24.9 Å². The van der Waals surface area contributed by atoms with Crippen LogP contribution >= 0.6 is 0 Å². The van der Waals surface area contributed by atoms with Gasteiger partial charge in [0.05, 0.1) is 24.1 Å². The molecule has 0 unspecified atom stereocenters. The highest BCUT2D eigenvalue weighted by Gasteiger charge is 2.71. The summed E-state index contributed by atoms with van der Waals surface area (Å²) in [5.41, 5.74) is 0.161. The Hall–Kier alpha value is -2.40. The predicted molar refractivity (Wildman–Crippen MR) is 91.7 cm³/mol. The summed E-state index contributed by atoms with van der Waals surface area (Å²) in [5.74, 6) is -2.60. The van der Waals surface area contributed by atoms with Crippen molar-refractivity contribution in [2.75, 3.05) is 0 Å². The van der Waals surface area contributed by atoms with Crippen LogP contribution in [0, 0.1) is 11.8 Å². The Morgan fingerprint density at radius 3 is 2.80 bits per heavy atom. The maximum atomic E-state index is 13.3. The van der Waals surface area contributed by atoms with E-state index in [1.807, 2.05) is 48.2 Å². The van der Waals surface area contributed by atoms with E-state index >= 15 is 0 Å². The van der Waals surface area contributed by atoms with Crippen molar-refractivity contribution in [2.45, 2.75) is 37.1 Å². The minimum Gasteiger partial charge on any atom is -0.481 e. The van der Waals surface area contributed by atoms with Gasteiger partial charge in [-0.3, -0.25) is 9.59 Å². The molecule has 1 N–H and O–H groups in total. The molecule has 0 radical (unpaired) electrons. The van der Waals surface area contributed by atoms with Gasteiger partial charge in [0.1, 0.15) is 11.5 Å². The summed E-state index contributed by atoms with van der Waals surface area (Å²) in [5, 5.41) is 9.65. The Kier molecular flexibility index (Phi) is 3.58. The fraction of sp³-hybridized carbons (Fsp3) is 0.400. The first kappa shape index (κ1) is 16.1. The lowest BCUT2D eigenvalue weighted by molar-refractivity contribution is -0.149. The molecule has 0 saturated carbocycles. The number of ether oxygens (including phenoxy) is 1. The number of carbonyl (C=O) groups excluding carboxylic acids is 1. The van der Waals surface area contributed by atoms with E-state index in [-0.39, 0.29) is 18.0 Å². The number of carboxylic acids is 1. The molecule has 1 aromatic rings. The lowest BCUT2D eigenvalue weighted by atomic mass is 9.74. The van der Waals surface area contributed by atoms with Gasteiger partial charge in [0, 0.05) is 0 Å². The Morgan fingerprint density at radius 2 is 2.16 bits per heavy atom. The molecule has 4 rings (SSSR count). The molecule has 3 aliphatic rings. The van der Waals surface area contributed by atoms with Crippen molar-refractivity contribution < 1.29 is 19.4 Å². The van der Waals surface area contributed by atoms with Gasteiger partial charge in [-0.25, -0.2) is 0 Å². The SMILES string of the molecule is C=CC[C@H]1N([C@H](C)c2ccccc2)C(=O)[C@@H]2[C@@H](C(=O)O)[C@@H]3C=C[C@]21O3. The smallest absolute Gasteiger partial charge is 0.310 e. The van der Waals surface area contributed by atoms with E-state index in [2.05, 4.69) is 6.58 Å². The van der Waals surface area contributed by atoms with Crippen LogP contribution in [-0.2, 0) is 14.3 Å². The Balaban J connectivity index is 1.78. The summed E-state index contributed by atoms with van der Waals surface area (Å²) in [7, 11) is 0. The van der Waals surface area contributed by atoms with E-state index in [1.54, 1.807) is 12.2 Å². The molecule has 5 nitrogen and oxygen atoms in total. The van der Waals surface area contributed by atoms with Crippen molar-refractivity contribution in [2.24, 2.45) is 11.8 Å². The summed E-state index contributed by atoms with van der Waals surface area (Å²) in [4.78, 5) is 26.9. The Labute approximate surface area is 146 Å². The second-order valence-electron chi connectivity index (χ2n) is 7.01. The van der Waals surface area contributed by atoms with Gasteiger partial charge in [-0.1, -0.05) is 48.6 Å². The van der Waals surface area contributed by atoms with Crippen molar-refractivity contribution >= 4 is 11.9 Å². The minimum absolute atomic E-state index is 0.137. The van der Waals surface area contributed by atoms with Gasteiger partial charge in [-0.05, 0) is 18.9 Å². The molecule has 25 heavy (non-hydrogen) atoms. The largest absolute Gasteiger partial charge is 0.481 e. The van der Waals surface area contributed by atoms with Crippen LogP contribution in [-0.4, -0.2) is 39.6 Å². The van der Waals surface area contributed by atoms with Crippen molar-refractivity contribution in [3.8, 4) is 0 Å². The summed E-state index contributed by atoms with van der Waals surface area (Å²) < 4.78 is 6.11. The van der Waals surface area contributed by atoms with Crippen LogP contribution in [0.25, 0.3) is 0 Å². The third-order valence-corrected chi connectivity index (χ3v) is 5.84. The first-order chi connectivity index (χ1) is 12.0. The van der Waals surface area contributed by atoms with E-state index in [1.165, 1.54) is 0 Å². The topological polar surface area (TPSA) is 66.8 Å². The summed E-state index contributed by atoms with van der Waals surface area (Å²) in [6.07, 6.45) is 5.52. The molecule has 0 aliphatic carbocycles. The van der Waals surface area contributed by atoms with Gasteiger partial charge in [0.25, 0.3) is 0 Å². The number of likely N-dealkylation sites (tertiary alicyclic amines) is 1. The molecular formula is C20H21NO4. The van der Waals surface area contributed by atoms with Crippen LogP contribution in [0.2, 0.25) is 0 Å². The highest BCUT2D eigenvalue weighted by atomic mass is 16.5. The number of hydrogen-bond donors (Lipinski definition) is 1. The molecule has 2 fully saturated rings. The summed E-state index contributed by atoms with van der Waals surface area (Å²) in [6, 6.07) is 9.37. The first-order valence-corrected chi connectivity index (χ1v) is 8.59. The molecule has 130 valence electrons. The minimum atomic E-state index is -0.971. The fourth-order valence-electron chi connectivity index (χ4n) is 4.77. The number of carbonyl (C=O) groups is 2. The molecule has 6 atom stereocenters. The number of hydrogen-bond acceptors (Lipinski definition) is 3. The molecular weight excluding hydrogens is 318 g/mol. The van der Waals surface area contributed by atoms with E-state index in [9.17, 15) is 14.7 Å². The monoisotopic (exact) mass is 339 g/mol. The van der Waals surface area contributed by atoms with Crippen molar-refractivity contribution in [1.29, 1.82) is 0 Å². The number of benzene rings is 1. The third-order valence-electron chi connectivity index (χ3n) is 5.84. The standard InChI is InChI=1S/C20H21NO4/c1-3-7-15-20-11-10-14(25-20)16(19(23)24)17(20)18(22)21(15)12(2)13-8-5-4-6-9-13/h3-6,8-12,14-17H,1,7H2,2H3,(H,23,24)/t12-,14+,15-,16+,17+,20-/m1/s1. The zero-order valence-corrected chi connectivity index (χ0v) is 14.0. The maximum absolute atomic E-state index is 13.3. The quantitative estimate of drug-likeness (QED) is 0.837. The highest BCUT2D eigenvalue weighted by molar-refractivity contribution is 5.91. The van der Waals surface area contributed by atoms with Crippen molar-refractivity contribution in [1.82, 2.24) is 4.90 Å². The number of carboxylic acid groups (broad SMARTS) is 1. The number of aliphatic carboxylic acids is 1. The van der Waals surface area contributed by atoms with Gasteiger partial charge in [0.2, 0.25) is 5.91 Å². The van der Waals surface area contributed by atoms with Crippen LogP contribution in [0.15, 0.2) is 55.1 Å². The average molecular weight is 339 g/mol. The van der Waals surface area contributed by atoms with E-state index in [0.717, 1.165) is 5.56 Å².